The van der Waals surface area contributed by atoms with E-state index >= 15 is 0 Å². The van der Waals surface area contributed by atoms with E-state index in [1.54, 1.807) is 0 Å². The van der Waals surface area contributed by atoms with Gasteiger partial charge in [-0.2, -0.15) is 0 Å². The van der Waals surface area contributed by atoms with Crippen LogP contribution in [0.15, 0.2) is 40.8 Å². The molecule has 4 heteroatoms. The normalized spacial score (nSPS) is 11.0. The summed E-state index contributed by atoms with van der Waals surface area (Å²) in [5.41, 5.74) is 9.73. The number of oxazole rings is 1. The van der Waals surface area contributed by atoms with Crippen LogP contribution < -0.4 is 5.73 Å². The molecule has 0 aliphatic heterocycles. The van der Waals surface area contributed by atoms with Crippen molar-refractivity contribution in [3.05, 3.63) is 47.0 Å². The van der Waals surface area contributed by atoms with Crippen molar-refractivity contribution >= 4 is 28.4 Å². The molecule has 0 saturated heterocycles. The predicted octanol–water partition coefficient (Wildman–Crippen LogP) is 4.04. The lowest BCUT2D eigenvalue weighted by atomic mass is 10.2. The molecule has 2 aromatic carbocycles. The lowest BCUT2D eigenvalue weighted by Crippen LogP contribution is -1.84. The fourth-order valence-electron chi connectivity index (χ4n) is 1.90. The second-order valence-corrected chi connectivity index (χ2v) is 4.59. The first-order valence-electron chi connectivity index (χ1n) is 5.57. The van der Waals surface area contributed by atoms with Crippen molar-refractivity contribution in [2.75, 3.05) is 5.73 Å². The van der Waals surface area contributed by atoms with Gasteiger partial charge in [-0.05, 0) is 36.8 Å². The first kappa shape index (κ1) is 11.1. The molecule has 0 radical (unpaired) electrons. The molecule has 0 fully saturated rings. The van der Waals surface area contributed by atoms with Crippen LogP contribution in [0.4, 0.5) is 5.69 Å². The lowest BCUT2D eigenvalue weighted by Gasteiger charge is -1.96. The number of anilines is 1. The number of benzene rings is 2. The Labute approximate surface area is 109 Å². The van der Waals surface area contributed by atoms with Gasteiger partial charge in [-0.1, -0.05) is 23.7 Å². The van der Waals surface area contributed by atoms with Gasteiger partial charge in [0.2, 0.25) is 5.89 Å². The Kier molecular flexibility index (Phi) is 2.49. The van der Waals surface area contributed by atoms with Gasteiger partial charge < -0.3 is 10.2 Å². The summed E-state index contributed by atoms with van der Waals surface area (Å²) in [6, 6.07) is 11.2. The largest absolute Gasteiger partial charge is 0.434 e. The van der Waals surface area contributed by atoms with Gasteiger partial charge in [-0.25, -0.2) is 4.98 Å². The van der Waals surface area contributed by atoms with Crippen molar-refractivity contribution in [2.24, 2.45) is 0 Å². The first-order chi connectivity index (χ1) is 8.65. The molecule has 0 unspecified atom stereocenters. The van der Waals surface area contributed by atoms with Crippen LogP contribution in [0.1, 0.15) is 5.56 Å². The van der Waals surface area contributed by atoms with Gasteiger partial charge in [-0.15, -0.1) is 0 Å². The highest BCUT2D eigenvalue weighted by molar-refractivity contribution is 6.34. The summed E-state index contributed by atoms with van der Waals surface area (Å²) in [4.78, 5) is 4.48. The van der Waals surface area contributed by atoms with Crippen LogP contribution in [-0.2, 0) is 0 Å². The second kappa shape index (κ2) is 4.03. The van der Waals surface area contributed by atoms with Crippen LogP contribution in [0.2, 0.25) is 5.02 Å². The van der Waals surface area contributed by atoms with E-state index in [1.165, 1.54) is 0 Å². The van der Waals surface area contributed by atoms with Gasteiger partial charge in [0, 0.05) is 11.3 Å². The van der Waals surface area contributed by atoms with E-state index in [4.69, 9.17) is 21.8 Å². The van der Waals surface area contributed by atoms with Gasteiger partial charge in [0.25, 0.3) is 0 Å². The average molecular weight is 259 g/mol. The number of nitrogens with zero attached hydrogens (tertiary/aromatic N) is 1. The molecular formula is C14H11ClN2O. The van der Waals surface area contributed by atoms with Crippen LogP contribution in [0.5, 0.6) is 0 Å². The Balaban J connectivity index is 2.26. The van der Waals surface area contributed by atoms with Gasteiger partial charge >= 0.3 is 0 Å². The Morgan fingerprint density at radius 1 is 1.22 bits per heavy atom. The Hall–Kier alpha value is -2.00. The molecule has 1 aromatic heterocycles. The summed E-state index contributed by atoms with van der Waals surface area (Å²) in [5.74, 6) is 0.536. The number of fused-ring (bicyclic) bond motifs is 1. The maximum Gasteiger partial charge on any atom is 0.227 e. The highest BCUT2D eigenvalue weighted by Crippen LogP contribution is 2.31. The number of halogens is 1. The van der Waals surface area contributed by atoms with Crippen LogP contribution in [0.25, 0.3) is 22.6 Å². The average Bonchev–Trinajstić information content (AvgIpc) is 2.80. The van der Waals surface area contributed by atoms with Crippen molar-refractivity contribution in [1.29, 1.82) is 0 Å². The van der Waals surface area contributed by atoms with E-state index in [9.17, 15) is 0 Å². The van der Waals surface area contributed by atoms with E-state index in [0.29, 0.717) is 22.2 Å². The third-order valence-corrected chi connectivity index (χ3v) is 3.13. The molecule has 0 atom stereocenters. The number of aryl methyl sites for hydroxylation is 1. The smallest absolute Gasteiger partial charge is 0.227 e. The van der Waals surface area contributed by atoms with E-state index in [-0.39, 0.29) is 0 Å². The van der Waals surface area contributed by atoms with E-state index < -0.39 is 0 Å². The minimum absolute atomic E-state index is 0.536. The fourth-order valence-corrected chi connectivity index (χ4v) is 2.09. The third kappa shape index (κ3) is 1.73. The van der Waals surface area contributed by atoms with Crippen LogP contribution in [0, 0.1) is 6.92 Å². The van der Waals surface area contributed by atoms with E-state index in [0.717, 1.165) is 16.6 Å². The monoisotopic (exact) mass is 258 g/mol. The number of rotatable bonds is 1. The molecule has 3 aromatic rings. The van der Waals surface area contributed by atoms with Gasteiger partial charge in [0.05, 0.1) is 5.02 Å². The molecule has 0 spiro atoms. The molecule has 3 nitrogen and oxygen atoms in total. The molecule has 3 rings (SSSR count). The quantitative estimate of drug-likeness (QED) is 0.670. The first-order valence-corrected chi connectivity index (χ1v) is 5.94. The summed E-state index contributed by atoms with van der Waals surface area (Å²) < 4.78 is 5.72. The van der Waals surface area contributed by atoms with Crippen LogP contribution in [0.3, 0.4) is 0 Å². The van der Waals surface area contributed by atoms with Gasteiger partial charge in [-0.3, -0.25) is 0 Å². The molecule has 2 N–H and O–H groups in total. The van der Waals surface area contributed by atoms with Gasteiger partial charge in [0.15, 0.2) is 5.58 Å². The summed E-state index contributed by atoms with van der Waals surface area (Å²) in [6.07, 6.45) is 0. The molecular weight excluding hydrogens is 248 g/mol. The minimum Gasteiger partial charge on any atom is -0.434 e. The summed E-state index contributed by atoms with van der Waals surface area (Å²) in [5, 5.41) is 0.568. The van der Waals surface area contributed by atoms with Crippen molar-refractivity contribution in [2.45, 2.75) is 6.92 Å². The molecule has 0 aliphatic rings. The zero-order valence-electron chi connectivity index (χ0n) is 9.77. The lowest BCUT2D eigenvalue weighted by molar-refractivity contribution is 0.620. The summed E-state index contributed by atoms with van der Waals surface area (Å²) >= 11 is 6.10. The number of nitrogens with two attached hydrogens (primary N) is 1. The standard InChI is InChI=1S/C14H11ClN2O/c1-8-5-6-11(15)13-12(8)17-14(18-13)9-3-2-4-10(16)7-9/h2-7H,16H2,1H3. The maximum absolute atomic E-state index is 6.10. The highest BCUT2D eigenvalue weighted by Gasteiger charge is 2.12. The fraction of sp³-hybridized carbons (Fsp3) is 0.0714. The van der Waals surface area contributed by atoms with E-state index in [1.807, 2.05) is 43.3 Å². The number of hydrogen-bond acceptors (Lipinski definition) is 3. The molecule has 90 valence electrons. The second-order valence-electron chi connectivity index (χ2n) is 4.19. The molecule has 0 amide bonds. The van der Waals surface area contributed by atoms with Crippen molar-refractivity contribution in [3.63, 3.8) is 0 Å². The Bertz CT molecular complexity index is 695. The Morgan fingerprint density at radius 3 is 2.78 bits per heavy atom. The highest BCUT2D eigenvalue weighted by atomic mass is 35.5. The third-order valence-electron chi connectivity index (χ3n) is 2.83. The topological polar surface area (TPSA) is 52.0 Å². The molecule has 0 aliphatic carbocycles. The zero-order chi connectivity index (χ0) is 12.7. The Morgan fingerprint density at radius 2 is 2.06 bits per heavy atom. The van der Waals surface area contributed by atoms with Gasteiger partial charge in [0.1, 0.15) is 5.52 Å². The molecule has 0 saturated carbocycles. The number of aromatic nitrogens is 1. The van der Waals surface area contributed by atoms with Crippen molar-refractivity contribution in [3.8, 4) is 11.5 Å². The molecule has 0 bridgehead atoms. The van der Waals surface area contributed by atoms with Crippen molar-refractivity contribution in [1.82, 2.24) is 4.98 Å². The molecule has 18 heavy (non-hydrogen) atoms. The van der Waals surface area contributed by atoms with Crippen LogP contribution >= 0.6 is 11.6 Å². The summed E-state index contributed by atoms with van der Waals surface area (Å²) in [6.45, 7) is 1.98. The SMILES string of the molecule is Cc1ccc(Cl)c2oc(-c3cccc(N)c3)nc12. The minimum atomic E-state index is 0.536. The number of hydrogen-bond donors (Lipinski definition) is 1. The zero-order valence-corrected chi connectivity index (χ0v) is 10.5. The number of nitrogen functional groups attached to an aromatic ring is 1. The van der Waals surface area contributed by atoms with Crippen LogP contribution in [-0.4, -0.2) is 4.98 Å². The predicted molar refractivity (Wildman–Crippen MR) is 73.6 cm³/mol. The van der Waals surface area contributed by atoms with Crippen molar-refractivity contribution < 1.29 is 4.42 Å². The van der Waals surface area contributed by atoms with E-state index in [2.05, 4.69) is 4.98 Å². The molecule has 1 heterocycles. The summed E-state index contributed by atoms with van der Waals surface area (Å²) in [7, 11) is 0. The maximum atomic E-state index is 6.10.